The fraction of sp³-hybridized carbons (Fsp3) is 0.949. The topological polar surface area (TPSA) is 237 Å². The van der Waals surface area contributed by atoms with Gasteiger partial charge in [0, 0.05) is 25.7 Å². The molecule has 0 spiro atoms. The molecule has 5 atom stereocenters. The van der Waals surface area contributed by atoms with E-state index < -0.39 is 97.5 Å². The van der Waals surface area contributed by atoms with Gasteiger partial charge in [-0.3, -0.25) is 37.3 Å². The molecule has 0 aromatic carbocycles. The molecule has 576 valence electrons. The lowest BCUT2D eigenvalue weighted by Crippen LogP contribution is -2.30. The van der Waals surface area contributed by atoms with Gasteiger partial charge in [0.15, 0.2) is 12.2 Å². The van der Waals surface area contributed by atoms with Gasteiger partial charge in [-0.1, -0.05) is 350 Å². The fourth-order valence-electron chi connectivity index (χ4n) is 12.0. The molecule has 0 aromatic heterocycles. The van der Waals surface area contributed by atoms with E-state index >= 15 is 0 Å². The molecular weight excluding hydrogens is 1270 g/mol. The van der Waals surface area contributed by atoms with Crippen molar-refractivity contribution in [2.45, 2.75) is 420 Å². The first-order valence-electron chi connectivity index (χ1n) is 40.3. The highest BCUT2D eigenvalue weighted by Crippen LogP contribution is 2.45. The number of ether oxygens (including phenoxy) is 4. The van der Waals surface area contributed by atoms with Gasteiger partial charge >= 0.3 is 39.5 Å². The smallest absolute Gasteiger partial charge is 0.462 e. The van der Waals surface area contributed by atoms with Crippen LogP contribution >= 0.6 is 15.6 Å². The van der Waals surface area contributed by atoms with E-state index in [2.05, 4.69) is 48.5 Å². The number of carbonyl (C=O) groups is 4. The Kier molecular flexibility index (Phi) is 67.1. The van der Waals surface area contributed by atoms with Gasteiger partial charge in [-0.25, -0.2) is 9.13 Å². The van der Waals surface area contributed by atoms with Crippen LogP contribution in [0.4, 0.5) is 0 Å². The van der Waals surface area contributed by atoms with Crippen LogP contribution in [0, 0.1) is 17.8 Å². The molecular formula is C78H152O17P2. The summed E-state index contributed by atoms with van der Waals surface area (Å²) in [5, 5.41) is 10.6. The van der Waals surface area contributed by atoms with Crippen molar-refractivity contribution in [2.24, 2.45) is 17.8 Å². The maximum absolute atomic E-state index is 13.1. The number of esters is 4. The molecule has 0 fully saturated rings. The Morgan fingerprint density at radius 3 is 0.701 bits per heavy atom. The molecule has 19 heteroatoms. The van der Waals surface area contributed by atoms with Crippen molar-refractivity contribution in [3.8, 4) is 0 Å². The highest BCUT2D eigenvalue weighted by Gasteiger charge is 2.30. The van der Waals surface area contributed by atoms with Crippen molar-refractivity contribution in [3.63, 3.8) is 0 Å². The zero-order valence-electron chi connectivity index (χ0n) is 63.5. The second kappa shape index (κ2) is 68.5. The maximum Gasteiger partial charge on any atom is 0.472 e. The number of phosphoric acid groups is 2. The van der Waals surface area contributed by atoms with Crippen molar-refractivity contribution < 1.29 is 80.2 Å². The standard InChI is InChI=1S/C78H152O17P2/c1-8-9-10-11-12-13-14-15-16-20-23-26-29-38-45-52-59-75(80)88-65-73(94-77(82)61-54-47-40-30-27-24-21-18-17-19-22-25-28-35-42-49-56-69(2)3)67-92-96(84,85)90-63-72(79)64-91-97(86,87)93-68-74(95-78(83)62-55-48-41-34-32-37-44-51-58-71(6)7)66-89-76(81)60-53-46-39-33-31-36-43-50-57-70(4)5/h69-74,79H,8-68H2,1-7H3,(H,84,85)(H,86,87)/t72-,73-,74-/m1/s1. The monoisotopic (exact) mass is 1420 g/mol. The number of hydrogen-bond acceptors (Lipinski definition) is 15. The van der Waals surface area contributed by atoms with Crippen LogP contribution in [-0.2, 0) is 65.4 Å². The van der Waals surface area contributed by atoms with Crippen LogP contribution < -0.4 is 0 Å². The molecule has 0 rings (SSSR count). The van der Waals surface area contributed by atoms with Crippen molar-refractivity contribution in [1.29, 1.82) is 0 Å². The second-order valence-electron chi connectivity index (χ2n) is 29.5. The molecule has 0 heterocycles. The van der Waals surface area contributed by atoms with E-state index in [0.29, 0.717) is 25.7 Å². The van der Waals surface area contributed by atoms with Crippen molar-refractivity contribution in [2.75, 3.05) is 39.6 Å². The highest BCUT2D eigenvalue weighted by atomic mass is 31.2. The van der Waals surface area contributed by atoms with Gasteiger partial charge in [0.05, 0.1) is 26.4 Å². The molecule has 97 heavy (non-hydrogen) atoms. The van der Waals surface area contributed by atoms with Crippen molar-refractivity contribution in [1.82, 2.24) is 0 Å². The summed E-state index contributed by atoms with van der Waals surface area (Å²) in [6, 6.07) is 0. The lowest BCUT2D eigenvalue weighted by Gasteiger charge is -2.21. The summed E-state index contributed by atoms with van der Waals surface area (Å²) in [5.74, 6) is 0.137. The normalized spacial score (nSPS) is 14.0. The molecule has 17 nitrogen and oxygen atoms in total. The third kappa shape index (κ3) is 72.2. The number of aliphatic hydroxyl groups excluding tert-OH is 1. The van der Waals surface area contributed by atoms with E-state index in [-0.39, 0.29) is 25.7 Å². The molecule has 3 N–H and O–H groups in total. The van der Waals surface area contributed by atoms with E-state index in [9.17, 15) is 43.2 Å². The van der Waals surface area contributed by atoms with Gasteiger partial charge in [-0.05, 0) is 43.4 Å². The predicted octanol–water partition coefficient (Wildman–Crippen LogP) is 23.0. The lowest BCUT2D eigenvalue weighted by molar-refractivity contribution is -0.161. The molecule has 0 aliphatic rings. The zero-order chi connectivity index (χ0) is 71.6. The Bertz CT molecular complexity index is 1890. The second-order valence-corrected chi connectivity index (χ2v) is 32.4. The Balaban J connectivity index is 5.23. The number of aliphatic hydroxyl groups is 1. The molecule has 0 saturated carbocycles. The molecule has 0 radical (unpaired) electrons. The number of unbranched alkanes of at least 4 members (excludes halogenated alkanes) is 44. The van der Waals surface area contributed by atoms with Gasteiger partial charge in [0.1, 0.15) is 19.3 Å². The molecule has 0 aliphatic carbocycles. The van der Waals surface area contributed by atoms with E-state index in [4.69, 9.17) is 37.0 Å². The van der Waals surface area contributed by atoms with Crippen LogP contribution in [0.2, 0.25) is 0 Å². The third-order valence-corrected chi connectivity index (χ3v) is 20.0. The van der Waals surface area contributed by atoms with Gasteiger partial charge < -0.3 is 33.8 Å². The number of carbonyl (C=O) groups excluding carboxylic acids is 4. The van der Waals surface area contributed by atoms with Gasteiger partial charge in [0.25, 0.3) is 0 Å². The summed E-state index contributed by atoms with van der Waals surface area (Å²) >= 11 is 0. The average molecular weight is 1420 g/mol. The van der Waals surface area contributed by atoms with Gasteiger partial charge in [-0.15, -0.1) is 0 Å². The Labute approximate surface area is 594 Å². The quantitative estimate of drug-likeness (QED) is 0.0222. The van der Waals surface area contributed by atoms with Gasteiger partial charge in [-0.2, -0.15) is 0 Å². The molecule has 0 bridgehead atoms. The molecule has 0 aromatic rings. The molecule has 2 unspecified atom stereocenters. The van der Waals surface area contributed by atoms with Crippen LogP contribution in [-0.4, -0.2) is 96.7 Å². The first kappa shape index (κ1) is 95.1. The number of phosphoric ester groups is 2. The summed E-state index contributed by atoms with van der Waals surface area (Å²) in [7, 11) is -9.91. The molecule has 0 saturated heterocycles. The van der Waals surface area contributed by atoms with E-state index in [1.54, 1.807) is 0 Å². The number of rotatable bonds is 76. The number of hydrogen-bond donors (Lipinski definition) is 3. The minimum absolute atomic E-state index is 0.104. The Morgan fingerprint density at radius 1 is 0.278 bits per heavy atom. The summed E-state index contributed by atoms with van der Waals surface area (Å²) in [6.07, 6.45) is 55.6. The minimum Gasteiger partial charge on any atom is -0.462 e. The largest absolute Gasteiger partial charge is 0.472 e. The van der Waals surface area contributed by atoms with Crippen LogP contribution in [0.1, 0.15) is 402 Å². The predicted molar refractivity (Wildman–Crippen MR) is 395 cm³/mol. The van der Waals surface area contributed by atoms with E-state index in [0.717, 1.165) is 108 Å². The summed E-state index contributed by atoms with van der Waals surface area (Å²) in [5.41, 5.74) is 0. The third-order valence-electron chi connectivity index (χ3n) is 18.1. The maximum atomic E-state index is 13.1. The SMILES string of the molecule is CCCCCCCCCCCCCCCCCCC(=O)OC[C@H](COP(=O)(O)OC[C@@H](O)COP(=O)(O)OC[C@@H](COC(=O)CCCCCCCCCCC(C)C)OC(=O)CCCCCCCCCCC(C)C)OC(=O)CCCCCCCCCCCCCCCCCCC(C)C. The molecule has 0 aliphatic heterocycles. The van der Waals surface area contributed by atoms with E-state index in [1.807, 2.05) is 0 Å². The molecule has 0 amide bonds. The Morgan fingerprint density at radius 2 is 0.474 bits per heavy atom. The Hall–Kier alpha value is -1.94. The summed E-state index contributed by atoms with van der Waals surface area (Å²) in [4.78, 5) is 72.9. The van der Waals surface area contributed by atoms with Crippen molar-refractivity contribution >= 4 is 39.5 Å². The van der Waals surface area contributed by atoms with E-state index in [1.165, 1.54) is 212 Å². The van der Waals surface area contributed by atoms with Crippen LogP contribution in [0.3, 0.4) is 0 Å². The van der Waals surface area contributed by atoms with Crippen LogP contribution in [0.25, 0.3) is 0 Å². The minimum atomic E-state index is -4.96. The lowest BCUT2D eigenvalue weighted by atomic mass is 10.0. The van der Waals surface area contributed by atoms with Gasteiger partial charge in [0.2, 0.25) is 0 Å². The summed E-state index contributed by atoms with van der Waals surface area (Å²) < 4.78 is 68.6. The van der Waals surface area contributed by atoms with Crippen LogP contribution in [0.15, 0.2) is 0 Å². The van der Waals surface area contributed by atoms with Crippen molar-refractivity contribution in [3.05, 3.63) is 0 Å². The van der Waals surface area contributed by atoms with Crippen LogP contribution in [0.5, 0.6) is 0 Å². The average Bonchev–Trinajstić information content (AvgIpc) is 1.49. The first-order valence-corrected chi connectivity index (χ1v) is 43.3. The summed E-state index contributed by atoms with van der Waals surface area (Å²) in [6.45, 7) is 11.9. The fourth-order valence-corrected chi connectivity index (χ4v) is 13.5. The first-order chi connectivity index (χ1) is 46.7. The highest BCUT2D eigenvalue weighted by molar-refractivity contribution is 7.47. The zero-order valence-corrected chi connectivity index (χ0v) is 65.3.